The lowest BCUT2D eigenvalue weighted by Crippen LogP contribution is -2.21. The summed E-state index contributed by atoms with van der Waals surface area (Å²) in [5.41, 5.74) is 2.46. The third-order valence-corrected chi connectivity index (χ3v) is 4.27. The molecule has 19 heavy (non-hydrogen) atoms. The standard InChI is InChI=1S/C16H25ClN2/c1-4-8-18-13(3)15-6-5-14(10-16(15)17)19-9-7-12(2)11-19/h5-6,10,12-13,18H,4,7-9,11H2,1-3H3. The van der Waals surface area contributed by atoms with Crippen molar-refractivity contribution in [3.63, 3.8) is 0 Å². The smallest absolute Gasteiger partial charge is 0.0474 e. The van der Waals surface area contributed by atoms with Crippen LogP contribution in [0.1, 0.15) is 45.2 Å². The summed E-state index contributed by atoms with van der Waals surface area (Å²) < 4.78 is 0. The Morgan fingerprint density at radius 1 is 1.47 bits per heavy atom. The average Bonchev–Trinajstić information content (AvgIpc) is 2.82. The van der Waals surface area contributed by atoms with Crippen molar-refractivity contribution in [2.24, 2.45) is 5.92 Å². The largest absolute Gasteiger partial charge is 0.371 e. The van der Waals surface area contributed by atoms with Crippen LogP contribution in [0, 0.1) is 5.92 Å². The van der Waals surface area contributed by atoms with Gasteiger partial charge in [0.15, 0.2) is 0 Å². The summed E-state index contributed by atoms with van der Waals surface area (Å²) in [5.74, 6) is 0.795. The van der Waals surface area contributed by atoms with E-state index < -0.39 is 0 Å². The second-order valence-electron chi connectivity index (χ2n) is 5.72. The molecule has 2 rings (SSSR count). The zero-order valence-corrected chi connectivity index (χ0v) is 13.0. The van der Waals surface area contributed by atoms with Crippen LogP contribution < -0.4 is 10.2 Å². The van der Waals surface area contributed by atoms with Gasteiger partial charge in [0.2, 0.25) is 0 Å². The van der Waals surface area contributed by atoms with E-state index in [4.69, 9.17) is 11.6 Å². The molecule has 1 aromatic carbocycles. The molecule has 0 saturated carbocycles. The average molecular weight is 281 g/mol. The number of hydrogen-bond acceptors (Lipinski definition) is 2. The highest BCUT2D eigenvalue weighted by atomic mass is 35.5. The Balaban J connectivity index is 2.08. The van der Waals surface area contributed by atoms with Crippen molar-refractivity contribution >= 4 is 17.3 Å². The van der Waals surface area contributed by atoms with Gasteiger partial charge in [-0.25, -0.2) is 0 Å². The van der Waals surface area contributed by atoms with Crippen molar-refractivity contribution in [3.8, 4) is 0 Å². The molecule has 0 spiro atoms. The Morgan fingerprint density at radius 2 is 2.26 bits per heavy atom. The highest BCUT2D eigenvalue weighted by Crippen LogP contribution is 2.30. The quantitative estimate of drug-likeness (QED) is 0.867. The molecule has 0 amide bonds. The van der Waals surface area contributed by atoms with Crippen molar-refractivity contribution in [1.82, 2.24) is 5.32 Å². The summed E-state index contributed by atoms with van der Waals surface area (Å²) in [6, 6.07) is 6.83. The van der Waals surface area contributed by atoms with Crippen molar-refractivity contribution in [3.05, 3.63) is 28.8 Å². The van der Waals surface area contributed by atoms with Crippen LogP contribution in [0.4, 0.5) is 5.69 Å². The molecule has 2 unspecified atom stereocenters. The number of rotatable bonds is 5. The molecule has 0 radical (unpaired) electrons. The highest BCUT2D eigenvalue weighted by molar-refractivity contribution is 6.31. The Morgan fingerprint density at radius 3 is 2.84 bits per heavy atom. The molecular weight excluding hydrogens is 256 g/mol. The first kappa shape index (κ1) is 14.7. The maximum atomic E-state index is 6.45. The van der Waals surface area contributed by atoms with Crippen molar-refractivity contribution in [2.75, 3.05) is 24.5 Å². The van der Waals surface area contributed by atoms with Crippen LogP contribution in [0.15, 0.2) is 18.2 Å². The molecule has 1 aliphatic heterocycles. The monoisotopic (exact) mass is 280 g/mol. The summed E-state index contributed by atoms with van der Waals surface area (Å²) in [6.07, 6.45) is 2.43. The molecule has 0 bridgehead atoms. The lowest BCUT2D eigenvalue weighted by atomic mass is 10.1. The van der Waals surface area contributed by atoms with Gasteiger partial charge < -0.3 is 10.2 Å². The number of nitrogens with one attached hydrogen (secondary N) is 1. The highest BCUT2D eigenvalue weighted by Gasteiger charge is 2.20. The number of halogens is 1. The van der Waals surface area contributed by atoms with E-state index in [2.05, 4.69) is 49.2 Å². The maximum Gasteiger partial charge on any atom is 0.0474 e. The van der Waals surface area contributed by atoms with E-state index in [-0.39, 0.29) is 0 Å². The Labute approximate surface area is 122 Å². The van der Waals surface area contributed by atoms with Gasteiger partial charge in [0.05, 0.1) is 0 Å². The molecule has 1 fully saturated rings. The third kappa shape index (κ3) is 3.64. The summed E-state index contributed by atoms with van der Waals surface area (Å²) in [5, 5.41) is 4.37. The second kappa shape index (κ2) is 6.62. The van der Waals surface area contributed by atoms with Gasteiger partial charge in [-0.05, 0) is 49.9 Å². The van der Waals surface area contributed by atoms with E-state index in [0.29, 0.717) is 6.04 Å². The van der Waals surface area contributed by atoms with E-state index in [1.54, 1.807) is 0 Å². The summed E-state index contributed by atoms with van der Waals surface area (Å²) in [7, 11) is 0. The van der Waals surface area contributed by atoms with Crippen LogP contribution in [-0.4, -0.2) is 19.6 Å². The molecule has 0 aromatic heterocycles. The van der Waals surface area contributed by atoms with Crippen molar-refractivity contribution in [2.45, 2.75) is 39.7 Å². The molecule has 1 aromatic rings. The molecular formula is C16H25ClN2. The summed E-state index contributed by atoms with van der Waals surface area (Å²) in [6.45, 7) is 10.0. The Hall–Kier alpha value is -0.730. The molecule has 2 nitrogen and oxygen atoms in total. The van der Waals surface area contributed by atoms with Crippen LogP contribution in [0.2, 0.25) is 5.02 Å². The first-order chi connectivity index (χ1) is 9.11. The van der Waals surface area contributed by atoms with E-state index in [1.807, 2.05) is 0 Å². The lowest BCUT2D eigenvalue weighted by Gasteiger charge is -2.21. The minimum atomic E-state index is 0.319. The van der Waals surface area contributed by atoms with Crippen molar-refractivity contribution in [1.29, 1.82) is 0 Å². The van der Waals surface area contributed by atoms with Gasteiger partial charge in [0.25, 0.3) is 0 Å². The minimum absolute atomic E-state index is 0.319. The predicted molar refractivity (Wildman–Crippen MR) is 84.2 cm³/mol. The van der Waals surface area contributed by atoms with Gasteiger partial charge in [-0.15, -0.1) is 0 Å². The van der Waals surface area contributed by atoms with Gasteiger partial charge in [-0.2, -0.15) is 0 Å². The number of benzene rings is 1. The van der Waals surface area contributed by atoms with Crippen LogP contribution >= 0.6 is 11.6 Å². The molecule has 1 aliphatic rings. The molecule has 1 heterocycles. The van der Waals surface area contributed by atoms with Gasteiger partial charge in [-0.1, -0.05) is 31.5 Å². The Kier molecular flexibility index (Phi) is 5.12. The van der Waals surface area contributed by atoms with E-state index in [0.717, 1.165) is 37.0 Å². The molecule has 106 valence electrons. The van der Waals surface area contributed by atoms with Gasteiger partial charge in [0.1, 0.15) is 0 Å². The Bertz CT molecular complexity index is 419. The molecule has 3 heteroatoms. The maximum absolute atomic E-state index is 6.45. The fourth-order valence-corrected chi connectivity index (χ4v) is 3.04. The topological polar surface area (TPSA) is 15.3 Å². The second-order valence-corrected chi connectivity index (χ2v) is 6.13. The van der Waals surface area contributed by atoms with Gasteiger partial charge in [-0.3, -0.25) is 0 Å². The van der Waals surface area contributed by atoms with Crippen LogP contribution in [0.25, 0.3) is 0 Å². The van der Waals surface area contributed by atoms with E-state index in [1.165, 1.54) is 17.7 Å². The zero-order valence-electron chi connectivity index (χ0n) is 12.2. The molecule has 1 saturated heterocycles. The summed E-state index contributed by atoms with van der Waals surface area (Å²) in [4.78, 5) is 2.43. The molecule has 0 aliphatic carbocycles. The predicted octanol–water partition coefficient (Wildman–Crippen LogP) is 4.25. The van der Waals surface area contributed by atoms with Crippen molar-refractivity contribution < 1.29 is 0 Å². The lowest BCUT2D eigenvalue weighted by molar-refractivity contribution is 0.571. The van der Waals surface area contributed by atoms with Gasteiger partial charge in [0, 0.05) is 29.8 Å². The molecule has 2 atom stereocenters. The number of hydrogen-bond donors (Lipinski definition) is 1. The summed E-state index contributed by atoms with van der Waals surface area (Å²) >= 11 is 6.45. The van der Waals surface area contributed by atoms with Gasteiger partial charge >= 0.3 is 0 Å². The van der Waals surface area contributed by atoms with Crippen LogP contribution in [0.3, 0.4) is 0 Å². The fraction of sp³-hybridized carbons (Fsp3) is 0.625. The zero-order chi connectivity index (χ0) is 13.8. The van der Waals surface area contributed by atoms with Crippen LogP contribution in [-0.2, 0) is 0 Å². The SMILES string of the molecule is CCCNC(C)c1ccc(N2CCC(C)C2)cc1Cl. The number of nitrogens with zero attached hydrogens (tertiary/aromatic N) is 1. The number of anilines is 1. The minimum Gasteiger partial charge on any atom is -0.371 e. The normalized spacial score (nSPS) is 20.8. The first-order valence-corrected chi connectivity index (χ1v) is 7.77. The van der Waals surface area contributed by atoms with Crippen LogP contribution in [0.5, 0.6) is 0 Å². The first-order valence-electron chi connectivity index (χ1n) is 7.39. The van der Waals surface area contributed by atoms with E-state index in [9.17, 15) is 0 Å². The fourth-order valence-electron chi connectivity index (χ4n) is 2.70. The third-order valence-electron chi connectivity index (χ3n) is 3.94. The molecule has 1 N–H and O–H groups in total. The van der Waals surface area contributed by atoms with E-state index >= 15 is 0 Å².